The first kappa shape index (κ1) is 15.8. The van der Waals surface area contributed by atoms with Gasteiger partial charge >= 0.3 is 5.97 Å². The Hall–Kier alpha value is -2.63. The number of amides is 2. The molecule has 2 N–H and O–H groups in total. The molecule has 0 bridgehead atoms. The second-order valence-electron chi connectivity index (χ2n) is 5.13. The van der Waals surface area contributed by atoms with Crippen LogP contribution in [0.15, 0.2) is 30.3 Å². The smallest absolute Gasteiger partial charge is 0.323 e. The van der Waals surface area contributed by atoms with Crippen LogP contribution in [0, 0.1) is 0 Å². The Kier molecular flexibility index (Phi) is 4.93. The topological polar surface area (TPSA) is 86.7 Å². The van der Waals surface area contributed by atoms with E-state index < -0.39 is 5.97 Å². The Morgan fingerprint density at radius 2 is 1.91 bits per heavy atom. The zero-order chi connectivity index (χ0) is 16.1. The predicted molar refractivity (Wildman–Crippen MR) is 81.2 cm³/mol. The van der Waals surface area contributed by atoms with E-state index in [4.69, 9.17) is 5.11 Å². The molecule has 22 heavy (non-hydrogen) atoms. The van der Waals surface area contributed by atoms with Crippen LogP contribution >= 0.6 is 0 Å². The monoisotopic (exact) mass is 302 g/mol. The first-order valence-electron chi connectivity index (χ1n) is 7.04. The van der Waals surface area contributed by atoms with Crippen molar-refractivity contribution in [2.24, 2.45) is 0 Å². The normalized spacial score (nSPS) is 13.9. The van der Waals surface area contributed by atoms with Gasteiger partial charge in [0.1, 0.15) is 6.54 Å². The Balaban J connectivity index is 2.02. The zero-order valence-corrected chi connectivity index (χ0v) is 12.3. The SMILES string of the molecule is CNC(=O)c1ccc(C=CC(=O)N(CC(=O)O)C2CC2)cc1. The van der Waals surface area contributed by atoms with Gasteiger partial charge in [0.05, 0.1) is 0 Å². The quantitative estimate of drug-likeness (QED) is 0.771. The highest BCUT2D eigenvalue weighted by atomic mass is 16.4. The van der Waals surface area contributed by atoms with Crippen molar-refractivity contribution in [2.45, 2.75) is 18.9 Å². The van der Waals surface area contributed by atoms with Crippen LogP contribution in [0.4, 0.5) is 0 Å². The zero-order valence-electron chi connectivity index (χ0n) is 12.3. The van der Waals surface area contributed by atoms with Crippen molar-refractivity contribution >= 4 is 23.9 Å². The molecule has 6 heteroatoms. The number of carbonyl (C=O) groups excluding carboxylic acids is 2. The van der Waals surface area contributed by atoms with Crippen molar-refractivity contribution in [1.29, 1.82) is 0 Å². The van der Waals surface area contributed by atoms with E-state index >= 15 is 0 Å². The van der Waals surface area contributed by atoms with Crippen LogP contribution < -0.4 is 5.32 Å². The minimum Gasteiger partial charge on any atom is -0.480 e. The van der Waals surface area contributed by atoms with E-state index in [0.717, 1.165) is 18.4 Å². The molecule has 1 fully saturated rings. The molecule has 0 saturated heterocycles. The van der Waals surface area contributed by atoms with E-state index in [0.29, 0.717) is 5.56 Å². The fourth-order valence-electron chi connectivity index (χ4n) is 2.07. The third-order valence-corrected chi connectivity index (χ3v) is 3.39. The van der Waals surface area contributed by atoms with Crippen molar-refractivity contribution in [3.05, 3.63) is 41.5 Å². The van der Waals surface area contributed by atoms with Gasteiger partial charge in [0.15, 0.2) is 0 Å². The lowest BCUT2D eigenvalue weighted by molar-refractivity contribution is -0.143. The third kappa shape index (κ3) is 4.18. The summed E-state index contributed by atoms with van der Waals surface area (Å²) in [6.07, 6.45) is 4.70. The molecule has 0 aromatic heterocycles. The fourth-order valence-corrected chi connectivity index (χ4v) is 2.07. The number of carbonyl (C=O) groups is 3. The van der Waals surface area contributed by atoms with Crippen LogP contribution in [0.25, 0.3) is 6.08 Å². The number of hydrogen-bond acceptors (Lipinski definition) is 3. The van der Waals surface area contributed by atoms with Crippen molar-refractivity contribution in [3.63, 3.8) is 0 Å². The van der Waals surface area contributed by atoms with E-state index in [9.17, 15) is 14.4 Å². The molecule has 0 unspecified atom stereocenters. The molecule has 0 atom stereocenters. The van der Waals surface area contributed by atoms with Gasteiger partial charge in [0.25, 0.3) is 5.91 Å². The van der Waals surface area contributed by atoms with Crippen LogP contribution in [0.1, 0.15) is 28.8 Å². The van der Waals surface area contributed by atoms with Crippen LogP contribution in [0.5, 0.6) is 0 Å². The number of rotatable bonds is 6. The number of carboxylic acid groups (broad SMARTS) is 1. The number of carboxylic acids is 1. The summed E-state index contributed by atoms with van der Waals surface area (Å²) in [6, 6.07) is 6.83. The minimum absolute atomic E-state index is 0.0453. The minimum atomic E-state index is -1.01. The van der Waals surface area contributed by atoms with Crippen LogP contribution in [-0.4, -0.2) is 47.4 Å². The summed E-state index contributed by atoms with van der Waals surface area (Å²) in [7, 11) is 1.56. The van der Waals surface area contributed by atoms with Crippen LogP contribution in [-0.2, 0) is 9.59 Å². The number of benzene rings is 1. The lowest BCUT2D eigenvalue weighted by Gasteiger charge is -2.17. The van der Waals surface area contributed by atoms with Crippen molar-refractivity contribution < 1.29 is 19.5 Å². The third-order valence-electron chi connectivity index (χ3n) is 3.39. The summed E-state index contributed by atoms with van der Waals surface area (Å²) < 4.78 is 0. The standard InChI is InChI=1S/C16H18N2O4/c1-17-16(22)12-5-2-11(3-6-12)4-9-14(19)18(10-15(20)21)13-7-8-13/h2-6,9,13H,7-8,10H2,1H3,(H,17,22)(H,20,21). The molecule has 116 valence electrons. The maximum Gasteiger partial charge on any atom is 0.323 e. The van der Waals surface area contributed by atoms with Gasteiger partial charge in [-0.25, -0.2) is 0 Å². The molecular weight excluding hydrogens is 284 g/mol. The second-order valence-corrected chi connectivity index (χ2v) is 5.13. The molecule has 6 nitrogen and oxygen atoms in total. The van der Waals surface area contributed by atoms with Gasteiger partial charge in [-0.15, -0.1) is 0 Å². The predicted octanol–water partition coefficient (Wildman–Crippen LogP) is 1.13. The van der Waals surface area contributed by atoms with Gasteiger partial charge in [-0.1, -0.05) is 12.1 Å². The summed E-state index contributed by atoms with van der Waals surface area (Å²) in [5, 5.41) is 11.4. The van der Waals surface area contributed by atoms with E-state index in [1.54, 1.807) is 37.4 Å². The highest BCUT2D eigenvalue weighted by molar-refractivity contribution is 5.95. The van der Waals surface area contributed by atoms with Crippen molar-refractivity contribution in [1.82, 2.24) is 10.2 Å². The first-order chi connectivity index (χ1) is 10.5. The van der Waals surface area contributed by atoms with Crippen LogP contribution in [0.3, 0.4) is 0 Å². The largest absolute Gasteiger partial charge is 0.480 e. The van der Waals surface area contributed by atoms with Gasteiger partial charge in [-0.2, -0.15) is 0 Å². The Bertz CT molecular complexity index is 603. The number of aliphatic carboxylic acids is 1. The summed E-state index contributed by atoms with van der Waals surface area (Å²) in [5.41, 5.74) is 1.31. The molecule has 2 amide bonds. The molecule has 1 aromatic carbocycles. The summed E-state index contributed by atoms with van der Waals surface area (Å²) in [6.45, 7) is -0.274. The van der Waals surface area contributed by atoms with Gasteiger partial charge in [-0.05, 0) is 36.6 Å². The van der Waals surface area contributed by atoms with E-state index in [2.05, 4.69) is 5.32 Å². The van der Waals surface area contributed by atoms with Gasteiger partial charge < -0.3 is 15.3 Å². The molecular formula is C16H18N2O4. The van der Waals surface area contributed by atoms with E-state index in [-0.39, 0.29) is 24.4 Å². The molecule has 1 aliphatic rings. The lowest BCUT2D eigenvalue weighted by Crippen LogP contribution is -2.36. The molecule has 0 spiro atoms. The number of nitrogens with one attached hydrogen (secondary N) is 1. The molecule has 1 saturated carbocycles. The summed E-state index contributed by atoms with van der Waals surface area (Å²) in [4.78, 5) is 35.7. The summed E-state index contributed by atoms with van der Waals surface area (Å²) in [5.74, 6) is -1.49. The molecule has 0 aliphatic heterocycles. The Labute approximate surface area is 128 Å². The summed E-state index contributed by atoms with van der Waals surface area (Å²) >= 11 is 0. The van der Waals surface area contributed by atoms with Gasteiger partial charge in [-0.3, -0.25) is 14.4 Å². The fraction of sp³-hybridized carbons (Fsp3) is 0.312. The molecule has 1 aliphatic carbocycles. The van der Waals surface area contributed by atoms with Gasteiger partial charge in [0, 0.05) is 24.7 Å². The first-order valence-corrected chi connectivity index (χ1v) is 7.04. The average Bonchev–Trinajstić information content (AvgIpc) is 3.34. The molecule has 0 radical (unpaired) electrons. The highest BCUT2D eigenvalue weighted by Crippen LogP contribution is 2.26. The Morgan fingerprint density at radius 3 is 2.41 bits per heavy atom. The highest BCUT2D eigenvalue weighted by Gasteiger charge is 2.32. The maximum absolute atomic E-state index is 12.1. The van der Waals surface area contributed by atoms with E-state index in [1.807, 2.05) is 0 Å². The van der Waals surface area contributed by atoms with E-state index in [1.165, 1.54) is 11.0 Å². The average molecular weight is 302 g/mol. The van der Waals surface area contributed by atoms with Gasteiger partial charge in [0.2, 0.25) is 5.91 Å². The second kappa shape index (κ2) is 6.89. The number of hydrogen-bond donors (Lipinski definition) is 2. The maximum atomic E-state index is 12.1. The Morgan fingerprint density at radius 1 is 1.27 bits per heavy atom. The van der Waals surface area contributed by atoms with Crippen molar-refractivity contribution in [2.75, 3.05) is 13.6 Å². The number of nitrogens with zero attached hydrogens (tertiary/aromatic N) is 1. The molecule has 1 aromatic rings. The lowest BCUT2D eigenvalue weighted by atomic mass is 10.1. The molecule has 2 rings (SSSR count). The van der Waals surface area contributed by atoms with Crippen molar-refractivity contribution in [3.8, 4) is 0 Å². The molecule has 0 heterocycles. The van der Waals surface area contributed by atoms with Crippen LogP contribution in [0.2, 0.25) is 0 Å².